The van der Waals surface area contributed by atoms with E-state index >= 15 is 0 Å². The van der Waals surface area contributed by atoms with E-state index in [1.54, 1.807) is 18.2 Å². The van der Waals surface area contributed by atoms with Crippen molar-refractivity contribution in [2.24, 2.45) is 0 Å². The van der Waals surface area contributed by atoms with Gasteiger partial charge in [-0.15, -0.1) is 12.6 Å². The van der Waals surface area contributed by atoms with E-state index in [0.717, 1.165) is 6.42 Å². The van der Waals surface area contributed by atoms with E-state index in [4.69, 9.17) is 11.6 Å². The number of carbonyl (C=O) groups is 2. The molecule has 0 spiro atoms. The van der Waals surface area contributed by atoms with Gasteiger partial charge in [-0.25, -0.2) is 0 Å². The number of hydrogen-bond acceptors (Lipinski definition) is 3. The number of nitrogens with one attached hydrogen (secondary N) is 2. The number of carbonyl (C=O) groups excluding carboxylic acids is 2. The predicted molar refractivity (Wildman–Crippen MR) is 79.0 cm³/mol. The van der Waals surface area contributed by atoms with Gasteiger partial charge in [0, 0.05) is 24.4 Å². The topological polar surface area (TPSA) is 58.2 Å². The molecule has 0 aliphatic rings. The third-order valence-electron chi connectivity index (χ3n) is 2.40. The zero-order valence-electron chi connectivity index (χ0n) is 10.7. The molecule has 1 aromatic rings. The molecule has 0 heterocycles. The SMILES string of the molecule is CCCNC(=O)CCNC(=O)c1cc(S)ccc1Cl. The van der Waals surface area contributed by atoms with Gasteiger partial charge in [-0.3, -0.25) is 9.59 Å². The maximum atomic E-state index is 11.9. The molecule has 0 unspecified atom stereocenters. The third kappa shape index (κ3) is 5.53. The summed E-state index contributed by atoms with van der Waals surface area (Å²) in [6.07, 6.45) is 1.15. The first-order valence-corrected chi connectivity index (χ1v) is 6.90. The minimum atomic E-state index is -0.302. The second-order valence-corrected chi connectivity index (χ2v) is 4.94. The Balaban J connectivity index is 2.43. The molecule has 6 heteroatoms. The first-order valence-electron chi connectivity index (χ1n) is 6.08. The lowest BCUT2D eigenvalue weighted by Crippen LogP contribution is -2.31. The van der Waals surface area contributed by atoms with Crippen LogP contribution in [0.1, 0.15) is 30.1 Å². The maximum Gasteiger partial charge on any atom is 0.252 e. The highest BCUT2D eigenvalue weighted by Crippen LogP contribution is 2.19. The van der Waals surface area contributed by atoms with E-state index < -0.39 is 0 Å². The Hall–Kier alpha value is -1.20. The van der Waals surface area contributed by atoms with Gasteiger partial charge in [0.1, 0.15) is 0 Å². The van der Waals surface area contributed by atoms with Gasteiger partial charge in [0.2, 0.25) is 5.91 Å². The Labute approximate surface area is 123 Å². The van der Waals surface area contributed by atoms with E-state index in [9.17, 15) is 9.59 Å². The standard InChI is InChI=1S/C13H17ClN2O2S/c1-2-6-15-12(17)5-7-16-13(18)10-8-9(19)3-4-11(10)14/h3-4,8,19H,2,5-7H2,1H3,(H,15,17)(H,16,18). The normalized spacial score (nSPS) is 10.1. The van der Waals surface area contributed by atoms with Crippen LogP contribution in [-0.2, 0) is 4.79 Å². The summed E-state index contributed by atoms with van der Waals surface area (Å²) in [6.45, 7) is 2.91. The summed E-state index contributed by atoms with van der Waals surface area (Å²) in [5, 5.41) is 5.76. The number of rotatable bonds is 6. The van der Waals surface area contributed by atoms with Gasteiger partial charge in [0.05, 0.1) is 10.6 Å². The number of hydrogen-bond donors (Lipinski definition) is 3. The fourth-order valence-electron chi connectivity index (χ4n) is 1.42. The number of halogens is 1. The van der Waals surface area contributed by atoms with Crippen molar-refractivity contribution >= 4 is 36.0 Å². The molecule has 4 nitrogen and oxygen atoms in total. The zero-order chi connectivity index (χ0) is 14.3. The highest BCUT2D eigenvalue weighted by atomic mass is 35.5. The highest BCUT2D eigenvalue weighted by molar-refractivity contribution is 7.80. The van der Waals surface area contributed by atoms with Gasteiger partial charge in [0.15, 0.2) is 0 Å². The second-order valence-electron chi connectivity index (χ2n) is 4.02. The average molecular weight is 301 g/mol. The fourth-order valence-corrected chi connectivity index (χ4v) is 1.83. The Kier molecular flexibility index (Phi) is 6.73. The molecule has 0 aromatic heterocycles. The molecule has 1 rings (SSSR count). The average Bonchev–Trinajstić information content (AvgIpc) is 2.39. The van der Waals surface area contributed by atoms with Crippen LogP contribution in [0, 0.1) is 0 Å². The molecular weight excluding hydrogens is 284 g/mol. The Bertz CT molecular complexity index is 466. The van der Waals surface area contributed by atoms with Crippen molar-refractivity contribution in [3.05, 3.63) is 28.8 Å². The Morgan fingerprint density at radius 3 is 2.68 bits per heavy atom. The van der Waals surface area contributed by atoms with Crippen molar-refractivity contribution < 1.29 is 9.59 Å². The van der Waals surface area contributed by atoms with Crippen LogP contribution in [0.3, 0.4) is 0 Å². The van der Waals surface area contributed by atoms with Gasteiger partial charge in [-0.1, -0.05) is 18.5 Å². The van der Waals surface area contributed by atoms with Gasteiger partial charge in [-0.05, 0) is 24.6 Å². The minimum Gasteiger partial charge on any atom is -0.356 e. The molecular formula is C13H17ClN2O2S. The molecule has 2 N–H and O–H groups in total. The first kappa shape index (κ1) is 15.9. The summed E-state index contributed by atoms with van der Waals surface area (Å²) in [7, 11) is 0. The summed E-state index contributed by atoms with van der Waals surface area (Å²) in [5.41, 5.74) is 0.364. The Morgan fingerprint density at radius 1 is 1.26 bits per heavy atom. The summed E-state index contributed by atoms with van der Waals surface area (Å²) in [6, 6.07) is 4.92. The quantitative estimate of drug-likeness (QED) is 0.706. The van der Waals surface area contributed by atoms with Gasteiger partial charge < -0.3 is 10.6 Å². The van der Waals surface area contributed by atoms with Gasteiger partial charge >= 0.3 is 0 Å². The largest absolute Gasteiger partial charge is 0.356 e. The molecule has 2 amide bonds. The molecule has 0 bridgehead atoms. The van der Waals surface area contributed by atoms with Crippen LogP contribution in [0.4, 0.5) is 0 Å². The maximum absolute atomic E-state index is 11.9. The molecule has 0 radical (unpaired) electrons. The lowest BCUT2D eigenvalue weighted by molar-refractivity contribution is -0.120. The Morgan fingerprint density at radius 2 is 2.00 bits per heavy atom. The number of benzene rings is 1. The summed E-state index contributed by atoms with van der Waals surface area (Å²) in [4.78, 5) is 23.9. The molecule has 0 saturated heterocycles. The van der Waals surface area contributed by atoms with Gasteiger partial charge in [-0.2, -0.15) is 0 Å². The van der Waals surface area contributed by atoms with Crippen LogP contribution in [0.25, 0.3) is 0 Å². The van der Waals surface area contributed by atoms with Crippen molar-refractivity contribution in [3.8, 4) is 0 Å². The molecule has 0 saturated carbocycles. The van der Waals surface area contributed by atoms with Crippen LogP contribution >= 0.6 is 24.2 Å². The smallest absolute Gasteiger partial charge is 0.252 e. The van der Waals surface area contributed by atoms with E-state index in [2.05, 4.69) is 23.3 Å². The van der Waals surface area contributed by atoms with Crippen LogP contribution < -0.4 is 10.6 Å². The van der Waals surface area contributed by atoms with Crippen molar-refractivity contribution in [1.29, 1.82) is 0 Å². The number of thiol groups is 1. The van der Waals surface area contributed by atoms with Crippen molar-refractivity contribution in [2.75, 3.05) is 13.1 Å². The van der Waals surface area contributed by atoms with Gasteiger partial charge in [0.25, 0.3) is 5.91 Å². The fraction of sp³-hybridized carbons (Fsp3) is 0.385. The second kappa shape index (κ2) is 8.07. The predicted octanol–water partition coefficient (Wildman–Crippen LogP) is 2.27. The van der Waals surface area contributed by atoms with Crippen LogP contribution in [0.2, 0.25) is 5.02 Å². The van der Waals surface area contributed by atoms with Crippen molar-refractivity contribution in [2.45, 2.75) is 24.7 Å². The van der Waals surface area contributed by atoms with Crippen LogP contribution in [0.15, 0.2) is 23.1 Å². The van der Waals surface area contributed by atoms with E-state index in [-0.39, 0.29) is 24.8 Å². The monoisotopic (exact) mass is 300 g/mol. The van der Waals surface area contributed by atoms with E-state index in [1.807, 2.05) is 6.92 Å². The van der Waals surface area contributed by atoms with Crippen molar-refractivity contribution in [3.63, 3.8) is 0 Å². The molecule has 0 aliphatic carbocycles. The molecule has 0 atom stereocenters. The van der Waals surface area contributed by atoms with Crippen LogP contribution in [0.5, 0.6) is 0 Å². The number of amides is 2. The lowest BCUT2D eigenvalue weighted by atomic mass is 10.2. The molecule has 0 aliphatic heterocycles. The van der Waals surface area contributed by atoms with Crippen LogP contribution in [-0.4, -0.2) is 24.9 Å². The third-order valence-corrected chi connectivity index (χ3v) is 3.01. The molecule has 0 fully saturated rings. The zero-order valence-corrected chi connectivity index (χ0v) is 12.4. The minimum absolute atomic E-state index is 0.0730. The lowest BCUT2D eigenvalue weighted by Gasteiger charge is -2.07. The summed E-state index contributed by atoms with van der Waals surface area (Å²) >= 11 is 10.1. The molecule has 104 valence electrons. The summed E-state index contributed by atoms with van der Waals surface area (Å²) in [5.74, 6) is -0.375. The van der Waals surface area contributed by atoms with E-state index in [1.165, 1.54) is 0 Å². The summed E-state index contributed by atoms with van der Waals surface area (Å²) < 4.78 is 0. The highest BCUT2D eigenvalue weighted by Gasteiger charge is 2.10. The van der Waals surface area contributed by atoms with Crippen molar-refractivity contribution in [1.82, 2.24) is 10.6 Å². The van der Waals surface area contributed by atoms with E-state index in [0.29, 0.717) is 22.0 Å². The molecule has 1 aromatic carbocycles. The first-order chi connectivity index (χ1) is 9.04. The molecule has 19 heavy (non-hydrogen) atoms.